The van der Waals surface area contributed by atoms with Crippen molar-refractivity contribution in [3.63, 3.8) is 0 Å². The number of methoxy groups -OCH3 is 1. The van der Waals surface area contributed by atoms with Crippen LogP contribution >= 0.6 is 11.6 Å². The average Bonchev–Trinajstić information content (AvgIpc) is 2.75. The fourth-order valence-corrected chi connectivity index (χ4v) is 3.44. The van der Waals surface area contributed by atoms with Crippen molar-refractivity contribution in [3.05, 3.63) is 59.1 Å². The predicted molar refractivity (Wildman–Crippen MR) is 132 cm³/mol. The zero-order chi connectivity index (χ0) is 25.0. The number of aliphatic hydroxyl groups is 1. The van der Waals surface area contributed by atoms with Crippen LogP contribution in [0.25, 0.3) is 10.9 Å². The van der Waals surface area contributed by atoms with Crippen molar-refractivity contribution in [2.45, 2.75) is 19.4 Å². The highest BCUT2D eigenvalue weighted by molar-refractivity contribution is 6.31. The van der Waals surface area contributed by atoms with Crippen LogP contribution in [0.1, 0.15) is 19.4 Å². The number of nitrogens with zero attached hydrogens (tertiary/aromatic N) is 3. The molecule has 10 heteroatoms. The van der Waals surface area contributed by atoms with Crippen molar-refractivity contribution in [2.24, 2.45) is 0 Å². The molecule has 0 aliphatic heterocycles. The third-order valence-corrected chi connectivity index (χ3v) is 5.22. The molecule has 1 amide bonds. The second kappa shape index (κ2) is 10.3. The van der Waals surface area contributed by atoms with Crippen molar-refractivity contribution in [2.75, 3.05) is 38.4 Å². The smallest absolute Gasteiger partial charge is 0.248 e. The summed E-state index contributed by atoms with van der Waals surface area (Å²) in [7, 11) is 5.30. The Kier molecular flexibility index (Phi) is 7.71. The van der Waals surface area contributed by atoms with E-state index in [-0.39, 0.29) is 10.9 Å². The molecular weight excluding hydrogens is 461 g/mol. The molecule has 0 saturated heterocycles. The first kappa shape index (κ1) is 25.4. The minimum absolute atomic E-state index is 0.104. The number of carbonyl (C=O) groups is 1. The van der Waals surface area contributed by atoms with Gasteiger partial charge in [-0.1, -0.05) is 17.7 Å². The van der Waals surface area contributed by atoms with Crippen LogP contribution in [0, 0.1) is 5.82 Å². The summed E-state index contributed by atoms with van der Waals surface area (Å²) >= 11 is 6.00. The van der Waals surface area contributed by atoms with Gasteiger partial charge in [0.15, 0.2) is 0 Å². The first-order valence-corrected chi connectivity index (χ1v) is 10.8. The molecule has 34 heavy (non-hydrogen) atoms. The number of fused-ring (bicyclic) bond motifs is 1. The van der Waals surface area contributed by atoms with E-state index in [4.69, 9.17) is 16.3 Å². The molecule has 0 radical (unpaired) electrons. The SMILES string of the molecule is COc1cc2ncnc(Nc3cc(Cl)c(F)cc3C(C)(C)O)c2cc1NC(=O)/C=C/CN(C)C. The molecule has 0 fully saturated rings. The van der Waals surface area contributed by atoms with Gasteiger partial charge in [0, 0.05) is 35.3 Å². The molecule has 3 aromatic rings. The van der Waals surface area contributed by atoms with E-state index >= 15 is 0 Å². The van der Waals surface area contributed by atoms with Gasteiger partial charge in [-0.2, -0.15) is 0 Å². The molecule has 1 aromatic heterocycles. The lowest BCUT2D eigenvalue weighted by atomic mass is 9.96. The number of hydrogen-bond donors (Lipinski definition) is 3. The van der Waals surface area contributed by atoms with Crippen molar-refractivity contribution >= 4 is 45.6 Å². The Labute approximate surface area is 202 Å². The van der Waals surface area contributed by atoms with Crippen LogP contribution in [-0.2, 0) is 10.4 Å². The Morgan fingerprint density at radius 3 is 2.62 bits per heavy atom. The lowest BCUT2D eigenvalue weighted by Gasteiger charge is -2.23. The van der Waals surface area contributed by atoms with Gasteiger partial charge in [0.25, 0.3) is 0 Å². The van der Waals surface area contributed by atoms with Crippen LogP contribution in [0.4, 0.5) is 21.6 Å². The van der Waals surface area contributed by atoms with Gasteiger partial charge in [0.1, 0.15) is 23.7 Å². The quantitative estimate of drug-likeness (QED) is 0.403. The molecule has 1 heterocycles. The van der Waals surface area contributed by atoms with Crippen LogP contribution in [0.2, 0.25) is 5.02 Å². The molecule has 0 bridgehead atoms. The van der Waals surface area contributed by atoms with Gasteiger partial charge >= 0.3 is 0 Å². The predicted octanol–water partition coefficient (Wildman–Crippen LogP) is 4.46. The molecule has 0 spiro atoms. The minimum Gasteiger partial charge on any atom is -0.494 e. The van der Waals surface area contributed by atoms with Gasteiger partial charge in [-0.3, -0.25) is 4.79 Å². The van der Waals surface area contributed by atoms with Gasteiger partial charge in [0.05, 0.1) is 28.9 Å². The Hall–Kier alpha value is -3.27. The van der Waals surface area contributed by atoms with E-state index in [1.807, 2.05) is 19.0 Å². The lowest BCUT2D eigenvalue weighted by Crippen LogP contribution is -2.18. The first-order chi connectivity index (χ1) is 16.0. The summed E-state index contributed by atoms with van der Waals surface area (Å²) in [5.41, 5.74) is 0.305. The Morgan fingerprint density at radius 1 is 1.24 bits per heavy atom. The Morgan fingerprint density at radius 2 is 1.97 bits per heavy atom. The van der Waals surface area contributed by atoms with Crippen LogP contribution in [0.5, 0.6) is 5.75 Å². The molecule has 3 N–H and O–H groups in total. The fraction of sp³-hybridized carbons (Fsp3) is 0.292. The maximum Gasteiger partial charge on any atom is 0.248 e. The second-order valence-corrected chi connectivity index (χ2v) is 8.85. The van der Waals surface area contributed by atoms with E-state index in [1.54, 1.807) is 32.1 Å². The first-order valence-electron chi connectivity index (χ1n) is 10.4. The maximum absolute atomic E-state index is 14.1. The lowest BCUT2D eigenvalue weighted by molar-refractivity contribution is -0.111. The van der Waals surface area contributed by atoms with Gasteiger partial charge in [-0.05, 0) is 46.1 Å². The minimum atomic E-state index is -1.35. The fourth-order valence-electron chi connectivity index (χ4n) is 3.28. The highest BCUT2D eigenvalue weighted by Gasteiger charge is 2.23. The van der Waals surface area contributed by atoms with E-state index in [1.165, 1.54) is 31.6 Å². The van der Waals surface area contributed by atoms with Crippen molar-refractivity contribution in [1.82, 2.24) is 14.9 Å². The average molecular weight is 488 g/mol. The molecule has 0 atom stereocenters. The topological polar surface area (TPSA) is 99.6 Å². The third-order valence-electron chi connectivity index (χ3n) is 4.93. The van der Waals surface area contributed by atoms with E-state index < -0.39 is 11.4 Å². The van der Waals surface area contributed by atoms with E-state index in [2.05, 4.69) is 20.6 Å². The summed E-state index contributed by atoms with van der Waals surface area (Å²) in [5, 5.41) is 16.9. The number of hydrogen-bond acceptors (Lipinski definition) is 7. The zero-order valence-corrected chi connectivity index (χ0v) is 20.4. The van der Waals surface area contributed by atoms with Gasteiger partial charge in [-0.25, -0.2) is 14.4 Å². The number of aromatic nitrogens is 2. The molecule has 3 rings (SSSR count). The number of rotatable bonds is 8. The number of nitrogens with one attached hydrogen (secondary N) is 2. The molecule has 0 aliphatic rings. The van der Waals surface area contributed by atoms with Crippen LogP contribution in [0.15, 0.2) is 42.7 Å². The Balaban J connectivity index is 2.04. The highest BCUT2D eigenvalue weighted by atomic mass is 35.5. The number of halogens is 2. The summed E-state index contributed by atoms with van der Waals surface area (Å²) in [5.74, 6) is -0.164. The molecule has 0 unspecified atom stereocenters. The zero-order valence-electron chi connectivity index (χ0n) is 19.6. The largest absolute Gasteiger partial charge is 0.494 e. The van der Waals surface area contributed by atoms with Gasteiger partial charge < -0.3 is 25.4 Å². The van der Waals surface area contributed by atoms with Gasteiger partial charge in [0.2, 0.25) is 5.91 Å². The van der Waals surface area contributed by atoms with E-state index in [9.17, 15) is 14.3 Å². The summed E-state index contributed by atoms with van der Waals surface area (Å²) in [6, 6.07) is 5.93. The normalized spacial score (nSPS) is 11.9. The standard InChI is InChI=1S/C24H27ClFN5O3/c1-24(2,33)15-10-17(26)16(25)11-19(15)30-23-14-9-20(29-22(32)7-6-8-31(3)4)21(34-5)12-18(14)27-13-28-23/h6-7,9-13,33H,8H2,1-5H3,(H,29,32)(H,27,28,30)/b7-6+. The summed E-state index contributed by atoms with van der Waals surface area (Å²) in [6.07, 6.45) is 4.55. The van der Waals surface area contributed by atoms with Crippen LogP contribution < -0.4 is 15.4 Å². The molecule has 2 aromatic carbocycles. The number of anilines is 3. The molecule has 0 aliphatic carbocycles. The van der Waals surface area contributed by atoms with Crippen molar-refractivity contribution in [3.8, 4) is 5.75 Å². The molecule has 180 valence electrons. The van der Waals surface area contributed by atoms with Crippen LogP contribution in [-0.4, -0.2) is 53.6 Å². The van der Waals surface area contributed by atoms with Crippen LogP contribution in [0.3, 0.4) is 0 Å². The van der Waals surface area contributed by atoms with E-state index in [0.717, 1.165) is 0 Å². The van der Waals surface area contributed by atoms with E-state index in [0.29, 0.717) is 46.0 Å². The molecule has 0 saturated carbocycles. The number of amides is 1. The maximum atomic E-state index is 14.1. The molecular formula is C24H27ClFN5O3. The van der Waals surface area contributed by atoms with Crippen molar-refractivity contribution < 1.29 is 19.0 Å². The highest BCUT2D eigenvalue weighted by Crippen LogP contribution is 2.37. The number of ether oxygens (including phenoxy) is 1. The summed E-state index contributed by atoms with van der Waals surface area (Å²) < 4.78 is 19.5. The molecule has 8 nitrogen and oxygen atoms in total. The summed E-state index contributed by atoms with van der Waals surface area (Å²) in [6.45, 7) is 3.70. The Bertz CT molecular complexity index is 1240. The van der Waals surface area contributed by atoms with Gasteiger partial charge in [-0.15, -0.1) is 0 Å². The number of benzene rings is 2. The van der Waals surface area contributed by atoms with Crippen molar-refractivity contribution in [1.29, 1.82) is 0 Å². The second-order valence-electron chi connectivity index (χ2n) is 8.44. The summed E-state index contributed by atoms with van der Waals surface area (Å²) in [4.78, 5) is 22.9. The number of carbonyl (C=O) groups excluding carboxylic acids is 1. The third kappa shape index (κ3) is 5.99. The number of likely N-dealkylation sites (N-methyl/N-ethyl adjacent to an activating group) is 1. The monoisotopic (exact) mass is 487 g/mol.